The van der Waals surface area contributed by atoms with E-state index in [1.165, 1.54) is 57.8 Å². The quantitative estimate of drug-likeness (QED) is 0.347. The molecule has 0 bridgehead atoms. The Labute approximate surface area is 108 Å². The molecule has 0 saturated heterocycles. The number of unbranched alkanes of at least 4 members (excludes halogenated alkanes) is 9. The minimum Gasteiger partial charge on any atom is -0.244 e. The van der Waals surface area contributed by atoms with Crippen molar-refractivity contribution in [1.82, 2.24) is 0 Å². The van der Waals surface area contributed by atoms with Crippen LogP contribution >= 0.6 is 0 Å². The molecule has 1 atom stereocenters. The van der Waals surface area contributed by atoms with Gasteiger partial charge in [0.25, 0.3) is 0 Å². The van der Waals surface area contributed by atoms with Crippen LogP contribution < -0.4 is 0 Å². The summed E-state index contributed by atoms with van der Waals surface area (Å²) in [6.45, 7) is 5.94. The van der Waals surface area contributed by atoms with Crippen molar-refractivity contribution in [2.45, 2.75) is 103 Å². The first-order valence-electron chi connectivity index (χ1n) is 7.81. The lowest BCUT2D eigenvalue weighted by molar-refractivity contribution is 0.163. The van der Waals surface area contributed by atoms with Gasteiger partial charge in [-0.3, -0.25) is 0 Å². The van der Waals surface area contributed by atoms with Gasteiger partial charge in [0.1, 0.15) is 5.67 Å². The van der Waals surface area contributed by atoms with E-state index in [0.717, 1.165) is 12.8 Å². The van der Waals surface area contributed by atoms with E-state index in [2.05, 4.69) is 6.92 Å². The first-order chi connectivity index (χ1) is 8.12. The van der Waals surface area contributed by atoms with E-state index >= 15 is 0 Å². The fraction of sp³-hybridized carbons (Fsp3) is 1.00. The van der Waals surface area contributed by atoms with E-state index in [-0.39, 0.29) is 0 Å². The molecule has 0 amide bonds. The van der Waals surface area contributed by atoms with Gasteiger partial charge in [-0.2, -0.15) is 0 Å². The summed E-state index contributed by atoms with van der Waals surface area (Å²) in [4.78, 5) is 0. The highest BCUT2D eigenvalue weighted by molar-refractivity contribution is 4.70. The van der Waals surface area contributed by atoms with Gasteiger partial charge in [0, 0.05) is 0 Å². The molecule has 0 nitrogen and oxygen atoms in total. The Morgan fingerprint density at radius 3 is 1.53 bits per heavy atom. The van der Waals surface area contributed by atoms with Crippen LogP contribution in [0.2, 0.25) is 0 Å². The maximum absolute atomic E-state index is 13.6. The van der Waals surface area contributed by atoms with Gasteiger partial charge < -0.3 is 0 Å². The highest BCUT2D eigenvalue weighted by Crippen LogP contribution is 2.23. The number of rotatable bonds is 12. The van der Waals surface area contributed by atoms with Crippen LogP contribution in [-0.4, -0.2) is 5.67 Å². The molecule has 0 aromatic heterocycles. The van der Waals surface area contributed by atoms with Gasteiger partial charge in [-0.1, -0.05) is 78.1 Å². The van der Waals surface area contributed by atoms with Crippen molar-refractivity contribution in [3.63, 3.8) is 0 Å². The monoisotopic (exact) mass is 244 g/mol. The van der Waals surface area contributed by atoms with E-state index in [9.17, 15) is 4.39 Å². The first-order valence-corrected chi connectivity index (χ1v) is 7.81. The van der Waals surface area contributed by atoms with Crippen LogP contribution in [0.15, 0.2) is 0 Å². The number of hydrogen-bond donors (Lipinski definition) is 0. The van der Waals surface area contributed by atoms with E-state index in [0.29, 0.717) is 6.42 Å². The van der Waals surface area contributed by atoms with Crippen LogP contribution in [-0.2, 0) is 0 Å². The summed E-state index contributed by atoms with van der Waals surface area (Å²) in [6.07, 6.45) is 14.7. The van der Waals surface area contributed by atoms with Crippen molar-refractivity contribution >= 4 is 0 Å². The zero-order valence-corrected chi connectivity index (χ0v) is 12.4. The molecule has 0 fully saturated rings. The Morgan fingerprint density at radius 1 is 0.706 bits per heavy atom. The van der Waals surface area contributed by atoms with Crippen molar-refractivity contribution in [1.29, 1.82) is 0 Å². The lowest BCUT2D eigenvalue weighted by atomic mass is 9.97. The Balaban J connectivity index is 3.09. The Morgan fingerprint density at radius 2 is 1.12 bits per heavy atom. The molecule has 1 unspecified atom stereocenters. The molecule has 0 saturated carbocycles. The molecule has 0 heterocycles. The Bertz CT molecular complexity index is 152. The summed E-state index contributed by atoms with van der Waals surface area (Å²) < 4.78 is 13.6. The fourth-order valence-electron chi connectivity index (χ4n) is 2.16. The third-order valence-electron chi connectivity index (χ3n) is 3.79. The molecule has 1 heteroatoms. The zero-order chi connectivity index (χ0) is 13.0. The van der Waals surface area contributed by atoms with E-state index < -0.39 is 5.67 Å². The van der Waals surface area contributed by atoms with Crippen LogP contribution in [0.4, 0.5) is 4.39 Å². The molecule has 0 aliphatic rings. The highest BCUT2D eigenvalue weighted by Gasteiger charge is 2.18. The standard InChI is InChI=1S/C16H33F/c1-4-6-7-8-9-10-11-12-13-14-15-16(3,17)5-2/h4-15H2,1-3H3. The maximum atomic E-state index is 13.6. The van der Waals surface area contributed by atoms with Crippen molar-refractivity contribution in [3.8, 4) is 0 Å². The number of halogens is 1. The normalized spacial score (nSPS) is 14.8. The molecular formula is C16H33F. The van der Waals surface area contributed by atoms with Crippen LogP contribution in [0.25, 0.3) is 0 Å². The molecular weight excluding hydrogens is 211 g/mol. The van der Waals surface area contributed by atoms with Crippen molar-refractivity contribution in [2.24, 2.45) is 0 Å². The summed E-state index contributed by atoms with van der Waals surface area (Å²) >= 11 is 0. The predicted molar refractivity (Wildman–Crippen MR) is 76.3 cm³/mol. The lowest BCUT2D eigenvalue weighted by Gasteiger charge is -2.17. The minimum atomic E-state index is -0.917. The summed E-state index contributed by atoms with van der Waals surface area (Å²) in [6, 6.07) is 0. The van der Waals surface area contributed by atoms with E-state index in [1.54, 1.807) is 6.92 Å². The molecule has 17 heavy (non-hydrogen) atoms. The van der Waals surface area contributed by atoms with Crippen molar-refractivity contribution in [2.75, 3.05) is 0 Å². The van der Waals surface area contributed by atoms with Crippen molar-refractivity contribution < 1.29 is 4.39 Å². The van der Waals surface area contributed by atoms with Gasteiger partial charge in [-0.15, -0.1) is 0 Å². The molecule has 0 aromatic rings. The summed E-state index contributed by atoms with van der Waals surface area (Å²) in [5, 5.41) is 0. The summed E-state index contributed by atoms with van der Waals surface area (Å²) in [5.41, 5.74) is -0.917. The highest BCUT2D eigenvalue weighted by atomic mass is 19.1. The molecule has 104 valence electrons. The smallest absolute Gasteiger partial charge is 0.108 e. The zero-order valence-electron chi connectivity index (χ0n) is 12.4. The second-order valence-corrected chi connectivity index (χ2v) is 5.70. The molecule has 0 aliphatic heterocycles. The average molecular weight is 244 g/mol. The molecule has 0 rings (SSSR count). The van der Waals surface area contributed by atoms with Gasteiger partial charge in [0.05, 0.1) is 0 Å². The predicted octanol–water partition coefficient (Wildman–Crippen LogP) is 6.44. The van der Waals surface area contributed by atoms with E-state index in [4.69, 9.17) is 0 Å². The average Bonchev–Trinajstić information content (AvgIpc) is 2.31. The SMILES string of the molecule is CCCCCCCCCCCCC(C)(F)CC. The Kier molecular flexibility index (Phi) is 11.0. The molecule has 0 radical (unpaired) electrons. The lowest BCUT2D eigenvalue weighted by Crippen LogP contribution is -2.15. The topological polar surface area (TPSA) is 0 Å². The van der Waals surface area contributed by atoms with Gasteiger partial charge in [0.2, 0.25) is 0 Å². The van der Waals surface area contributed by atoms with Crippen LogP contribution in [0.5, 0.6) is 0 Å². The first kappa shape index (κ1) is 16.9. The largest absolute Gasteiger partial charge is 0.244 e. The van der Waals surface area contributed by atoms with Gasteiger partial charge in [0.15, 0.2) is 0 Å². The van der Waals surface area contributed by atoms with Gasteiger partial charge >= 0.3 is 0 Å². The van der Waals surface area contributed by atoms with E-state index in [1.807, 2.05) is 6.92 Å². The number of hydrogen-bond acceptors (Lipinski definition) is 0. The minimum absolute atomic E-state index is 0.657. The third-order valence-corrected chi connectivity index (χ3v) is 3.79. The van der Waals surface area contributed by atoms with Gasteiger partial charge in [-0.05, 0) is 19.8 Å². The van der Waals surface area contributed by atoms with Gasteiger partial charge in [-0.25, -0.2) is 4.39 Å². The van der Waals surface area contributed by atoms with Crippen LogP contribution in [0, 0.1) is 0 Å². The maximum Gasteiger partial charge on any atom is 0.108 e. The Hall–Kier alpha value is -0.0700. The van der Waals surface area contributed by atoms with Crippen molar-refractivity contribution in [3.05, 3.63) is 0 Å². The second kappa shape index (κ2) is 11.0. The molecule has 0 aliphatic carbocycles. The summed E-state index contributed by atoms with van der Waals surface area (Å²) in [5.74, 6) is 0. The summed E-state index contributed by atoms with van der Waals surface area (Å²) in [7, 11) is 0. The van der Waals surface area contributed by atoms with Crippen LogP contribution in [0.1, 0.15) is 97.8 Å². The fourth-order valence-corrected chi connectivity index (χ4v) is 2.16. The molecule has 0 spiro atoms. The molecule has 0 N–H and O–H groups in total. The van der Waals surface area contributed by atoms with Crippen LogP contribution in [0.3, 0.4) is 0 Å². The molecule has 0 aromatic carbocycles. The second-order valence-electron chi connectivity index (χ2n) is 5.70. The number of alkyl halides is 1. The third kappa shape index (κ3) is 12.2.